The molecule has 0 aliphatic heterocycles. The van der Waals surface area contributed by atoms with Crippen molar-refractivity contribution in [3.05, 3.63) is 65.4 Å². The highest BCUT2D eigenvalue weighted by Gasteiger charge is 2.05. The predicted octanol–water partition coefficient (Wildman–Crippen LogP) is 4.40. The van der Waals surface area contributed by atoms with Gasteiger partial charge in [0.15, 0.2) is 5.96 Å². The molecule has 2 aromatic carbocycles. The van der Waals surface area contributed by atoms with Gasteiger partial charge in [-0.25, -0.2) is 0 Å². The van der Waals surface area contributed by atoms with Crippen LogP contribution < -0.4 is 15.4 Å². The summed E-state index contributed by atoms with van der Waals surface area (Å²) < 4.78 is 5.46. The number of rotatable bonds is 7. The Hall–Kier alpha value is -2.22. The van der Waals surface area contributed by atoms with Gasteiger partial charge in [-0.1, -0.05) is 30.3 Å². The van der Waals surface area contributed by atoms with Gasteiger partial charge in [0.1, 0.15) is 5.75 Å². The fraction of sp³-hybridized carbons (Fsp3) is 0.318. The Balaban J connectivity index is 0.00000280. The van der Waals surface area contributed by atoms with Crippen LogP contribution in [0.2, 0.25) is 0 Å². The highest BCUT2D eigenvalue weighted by atomic mass is 127. The van der Waals surface area contributed by atoms with Crippen LogP contribution in [-0.4, -0.2) is 31.6 Å². The van der Waals surface area contributed by atoms with E-state index in [0.29, 0.717) is 6.54 Å². The second kappa shape index (κ2) is 10.9. The summed E-state index contributed by atoms with van der Waals surface area (Å²) in [7, 11) is 3.50. The van der Waals surface area contributed by atoms with Gasteiger partial charge in [-0.2, -0.15) is 0 Å². The van der Waals surface area contributed by atoms with E-state index >= 15 is 0 Å². The molecule has 3 aromatic rings. The van der Waals surface area contributed by atoms with Crippen LogP contribution in [-0.2, 0) is 13.0 Å². The third kappa shape index (κ3) is 5.64. The number of aryl methyl sites for hydroxylation is 2. The molecule has 0 aliphatic rings. The van der Waals surface area contributed by atoms with Crippen LogP contribution in [0.4, 0.5) is 0 Å². The van der Waals surface area contributed by atoms with Crippen molar-refractivity contribution in [3.8, 4) is 5.75 Å². The van der Waals surface area contributed by atoms with E-state index in [1.54, 1.807) is 14.2 Å². The van der Waals surface area contributed by atoms with Crippen molar-refractivity contribution in [1.29, 1.82) is 0 Å². The normalized spacial score (nSPS) is 11.2. The smallest absolute Gasteiger partial charge is 0.191 e. The lowest BCUT2D eigenvalue weighted by Gasteiger charge is -2.14. The molecule has 3 rings (SSSR count). The first kappa shape index (κ1) is 22.1. The van der Waals surface area contributed by atoms with Crippen LogP contribution in [0.25, 0.3) is 10.9 Å². The number of ether oxygens (including phenoxy) is 1. The van der Waals surface area contributed by atoms with Gasteiger partial charge in [-0.05, 0) is 43.0 Å². The zero-order chi connectivity index (χ0) is 19.1. The molecule has 0 fully saturated rings. The largest absolute Gasteiger partial charge is 0.496 e. The Morgan fingerprint density at radius 1 is 1.11 bits per heavy atom. The minimum absolute atomic E-state index is 0. The number of benzene rings is 2. The Bertz CT molecular complexity index is 920. The van der Waals surface area contributed by atoms with Gasteiger partial charge >= 0.3 is 0 Å². The molecular weight excluding hydrogens is 463 g/mol. The van der Waals surface area contributed by atoms with Crippen LogP contribution in [0.5, 0.6) is 5.75 Å². The zero-order valence-electron chi connectivity index (χ0n) is 16.7. The number of hydrogen-bond donors (Lipinski definition) is 3. The van der Waals surface area contributed by atoms with Crippen molar-refractivity contribution in [3.63, 3.8) is 0 Å². The van der Waals surface area contributed by atoms with Gasteiger partial charge in [0.25, 0.3) is 0 Å². The number of halogens is 1. The molecule has 1 heterocycles. The fourth-order valence-corrected chi connectivity index (χ4v) is 3.22. The van der Waals surface area contributed by atoms with Gasteiger partial charge in [0.05, 0.1) is 7.11 Å². The first-order valence-corrected chi connectivity index (χ1v) is 9.34. The highest BCUT2D eigenvalue weighted by molar-refractivity contribution is 14.0. The summed E-state index contributed by atoms with van der Waals surface area (Å²) in [6.45, 7) is 3.60. The number of guanidine groups is 1. The maximum Gasteiger partial charge on any atom is 0.191 e. The second-order valence-corrected chi connectivity index (χ2v) is 6.63. The second-order valence-electron chi connectivity index (χ2n) is 6.63. The first-order chi connectivity index (χ1) is 13.2. The fourth-order valence-electron chi connectivity index (χ4n) is 3.22. The topological polar surface area (TPSA) is 61.4 Å². The first-order valence-electron chi connectivity index (χ1n) is 9.34. The van der Waals surface area contributed by atoms with E-state index in [2.05, 4.69) is 76.2 Å². The minimum Gasteiger partial charge on any atom is -0.496 e. The van der Waals surface area contributed by atoms with E-state index in [9.17, 15) is 0 Å². The molecular formula is C22H29IN4O. The number of aliphatic imine (C=N–C) groups is 1. The third-order valence-electron chi connectivity index (χ3n) is 4.70. The molecule has 3 N–H and O–H groups in total. The molecule has 0 aliphatic carbocycles. The average Bonchev–Trinajstić information content (AvgIpc) is 3.11. The predicted molar refractivity (Wildman–Crippen MR) is 128 cm³/mol. The Morgan fingerprint density at radius 2 is 1.93 bits per heavy atom. The summed E-state index contributed by atoms with van der Waals surface area (Å²) in [6, 6.07) is 14.7. The van der Waals surface area contributed by atoms with E-state index in [4.69, 9.17) is 4.74 Å². The molecule has 0 bridgehead atoms. The summed E-state index contributed by atoms with van der Waals surface area (Å²) in [5.41, 5.74) is 4.87. The Morgan fingerprint density at radius 3 is 2.71 bits per heavy atom. The van der Waals surface area contributed by atoms with Crippen molar-refractivity contribution in [2.75, 3.05) is 20.7 Å². The zero-order valence-corrected chi connectivity index (χ0v) is 19.0. The number of aromatic amines is 1. The number of nitrogens with one attached hydrogen (secondary N) is 3. The molecule has 0 spiro atoms. The van der Waals surface area contributed by atoms with E-state index in [1.807, 2.05) is 0 Å². The van der Waals surface area contributed by atoms with Crippen LogP contribution >= 0.6 is 24.0 Å². The Labute approximate surface area is 184 Å². The lowest BCUT2D eigenvalue weighted by molar-refractivity contribution is 0.408. The molecule has 6 heteroatoms. The maximum atomic E-state index is 5.46. The number of nitrogens with zero attached hydrogens (tertiary/aromatic N) is 1. The maximum absolute atomic E-state index is 5.46. The molecule has 0 saturated heterocycles. The molecule has 1 aromatic heterocycles. The van der Waals surface area contributed by atoms with Crippen LogP contribution in [0.1, 0.15) is 23.1 Å². The van der Waals surface area contributed by atoms with Crippen LogP contribution in [0.15, 0.2) is 53.7 Å². The molecule has 0 saturated carbocycles. The quantitative estimate of drug-likeness (QED) is 0.198. The van der Waals surface area contributed by atoms with Crippen molar-refractivity contribution in [1.82, 2.24) is 15.6 Å². The van der Waals surface area contributed by atoms with E-state index in [1.165, 1.54) is 22.0 Å². The summed E-state index contributed by atoms with van der Waals surface area (Å²) >= 11 is 0. The summed E-state index contributed by atoms with van der Waals surface area (Å²) in [4.78, 5) is 7.64. The van der Waals surface area contributed by atoms with Crippen LogP contribution in [0.3, 0.4) is 0 Å². The monoisotopic (exact) mass is 492 g/mol. The average molecular weight is 492 g/mol. The number of para-hydroxylation sites is 1. The molecule has 0 amide bonds. The van der Waals surface area contributed by atoms with Gasteiger partial charge in [0.2, 0.25) is 0 Å². The number of H-pyrrole nitrogens is 1. The number of methoxy groups -OCH3 is 1. The van der Waals surface area contributed by atoms with E-state index in [0.717, 1.165) is 36.7 Å². The molecule has 150 valence electrons. The van der Waals surface area contributed by atoms with Gasteiger partial charge in [0, 0.05) is 42.8 Å². The standard InChI is InChI=1S/C22H28N4O.HI/c1-16-10-11-18(21(13-16)27-3)15-26-22(23-2)24-12-6-7-17-14-25-20-9-5-4-8-19(17)20;/h4-5,8-11,13-14,25H,6-7,12,15H2,1-3H3,(H2,23,24,26);1H. The molecule has 0 atom stereocenters. The summed E-state index contributed by atoms with van der Waals surface area (Å²) in [6.07, 6.45) is 4.18. The number of hydrogen-bond acceptors (Lipinski definition) is 2. The number of aromatic nitrogens is 1. The molecule has 0 unspecified atom stereocenters. The van der Waals surface area contributed by atoms with E-state index < -0.39 is 0 Å². The van der Waals surface area contributed by atoms with Gasteiger partial charge in [-0.15, -0.1) is 24.0 Å². The van der Waals surface area contributed by atoms with E-state index in [-0.39, 0.29) is 24.0 Å². The van der Waals surface area contributed by atoms with Gasteiger partial charge in [-0.3, -0.25) is 4.99 Å². The highest BCUT2D eigenvalue weighted by Crippen LogP contribution is 2.20. The van der Waals surface area contributed by atoms with Crippen molar-refractivity contribution in [2.24, 2.45) is 4.99 Å². The SMILES string of the molecule is CN=C(NCCCc1c[nH]c2ccccc12)NCc1ccc(C)cc1OC.I. The Kier molecular flexibility index (Phi) is 8.63. The lowest BCUT2D eigenvalue weighted by Crippen LogP contribution is -2.37. The minimum atomic E-state index is 0. The summed E-state index contributed by atoms with van der Waals surface area (Å²) in [5, 5.41) is 8.05. The van der Waals surface area contributed by atoms with Crippen LogP contribution in [0, 0.1) is 6.92 Å². The molecule has 5 nitrogen and oxygen atoms in total. The van der Waals surface area contributed by atoms with Crippen molar-refractivity contribution < 1.29 is 4.74 Å². The third-order valence-corrected chi connectivity index (χ3v) is 4.70. The lowest BCUT2D eigenvalue weighted by atomic mass is 10.1. The van der Waals surface area contributed by atoms with Crippen molar-refractivity contribution >= 4 is 40.8 Å². The molecule has 0 radical (unpaired) electrons. The molecule has 28 heavy (non-hydrogen) atoms. The summed E-state index contributed by atoms with van der Waals surface area (Å²) in [5.74, 6) is 1.70. The van der Waals surface area contributed by atoms with Crippen molar-refractivity contribution in [2.45, 2.75) is 26.3 Å². The number of fused-ring (bicyclic) bond motifs is 1. The van der Waals surface area contributed by atoms with Gasteiger partial charge < -0.3 is 20.4 Å².